The minimum atomic E-state index is -0.834. The Balaban J connectivity index is 1.34. The van der Waals surface area contributed by atoms with Crippen LogP contribution in [0.5, 0.6) is 11.6 Å². The van der Waals surface area contributed by atoms with Crippen LogP contribution in [0.3, 0.4) is 0 Å². The van der Waals surface area contributed by atoms with Crippen molar-refractivity contribution in [1.29, 1.82) is 0 Å². The van der Waals surface area contributed by atoms with E-state index in [1.165, 1.54) is 6.07 Å². The van der Waals surface area contributed by atoms with Crippen molar-refractivity contribution in [2.45, 2.75) is 20.4 Å². The predicted molar refractivity (Wildman–Crippen MR) is 132 cm³/mol. The van der Waals surface area contributed by atoms with Crippen LogP contribution in [0, 0.1) is 18.6 Å². The van der Waals surface area contributed by atoms with Gasteiger partial charge in [0.1, 0.15) is 12.1 Å². The zero-order valence-corrected chi connectivity index (χ0v) is 19.9. The maximum atomic E-state index is 15.1. The highest BCUT2D eigenvalue weighted by molar-refractivity contribution is 5.83. The molecule has 0 unspecified atom stereocenters. The van der Waals surface area contributed by atoms with E-state index in [-0.39, 0.29) is 17.4 Å². The topological polar surface area (TPSA) is 71.3 Å². The SMILES string of the molecule is CCn1c(C)cc2c(F)c(Oc3ncnc(Nc4ccc(N5CCN(C)CC5)cn4)c3F)ccc21. The van der Waals surface area contributed by atoms with Gasteiger partial charge in [0.15, 0.2) is 17.4 Å². The van der Waals surface area contributed by atoms with Gasteiger partial charge in [-0.15, -0.1) is 0 Å². The highest BCUT2D eigenvalue weighted by Crippen LogP contribution is 2.33. The third-order valence-corrected chi connectivity index (χ3v) is 6.33. The van der Waals surface area contributed by atoms with Gasteiger partial charge < -0.3 is 24.4 Å². The third-order valence-electron chi connectivity index (χ3n) is 6.33. The van der Waals surface area contributed by atoms with Crippen LogP contribution in [-0.2, 0) is 6.54 Å². The van der Waals surface area contributed by atoms with Crippen molar-refractivity contribution in [3.05, 3.63) is 60.2 Å². The van der Waals surface area contributed by atoms with Crippen LogP contribution in [0.25, 0.3) is 10.9 Å². The van der Waals surface area contributed by atoms with Crippen molar-refractivity contribution in [2.24, 2.45) is 0 Å². The second-order valence-corrected chi connectivity index (χ2v) is 8.60. The van der Waals surface area contributed by atoms with Gasteiger partial charge in [0.25, 0.3) is 5.88 Å². The van der Waals surface area contributed by atoms with Crippen molar-refractivity contribution in [1.82, 2.24) is 24.4 Å². The van der Waals surface area contributed by atoms with Gasteiger partial charge in [0.2, 0.25) is 5.82 Å². The third kappa shape index (κ3) is 4.49. The number of aromatic nitrogens is 4. The molecule has 0 bridgehead atoms. The highest BCUT2D eigenvalue weighted by Gasteiger charge is 2.19. The molecule has 4 aromatic rings. The summed E-state index contributed by atoms with van der Waals surface area (Å²) in [5, 5.41) is 3.27. The van der Waals surface area contributed by atoms with Crippen LogP contribution >= 0.6 is 0 Å². The lowest BCUT2D eigenvalue weighted by molar-refractivity contribution is 0.313. The lowest BCUT2D eigenvalue weighted by atomic mass is 10.2. The Morgan fingerprint density at radius 3 is 2.51 bits per heavy atom. The molecule has 0 saturated carbocycles. The van der Waals surface area contributed by atoms with E-state index in [0.29, 0.717) is 11.2 Å². The van der Waals surface area contributed by atoms with E-state index in [4.69, 9.17) is 4.74 Å². The van der Waals surface area contributed by atoms with E-state index in [0.717, 1.165) is 55.9 Å². The Labute approximate surface area is 202 Å². The van der Waals surface area contributed by atoms with Crippen LogP contribution in [0.4, 0.5) is 26.1 Å². The van der Waals surface area contributed by atoms with Crippen molar-refractivity contribution in [3.63, 3.8) is 0 Å². The standard InChI is InChI=1S/C25H27F2N7O/c1-4-34-16(2)13-18-19(34)6-7-20(22(18)26)35-25-23(27)24(29-15-30-25)31-21-8-5-17(14-28-21)33-11-9-32(3)10-12-33/h5-8,13-15H,4,9-12H2,1-3H3,(H,28,29,30,31). The number of pyridine rings is 1. The molecule has 1 saturated heterocycles. The summed E-state index contributed by atoms with van der Waals surface area (Å²) in [4.78, 5) is 16.8. The minimum Gasteiger partial charge on any atom is -0.433 e. The fourth-order valence-corrected chi connectivity index (χ4v) is 4.36. The molecular weight excluding hydrogens is 452 g/mol. The van der Waals surface area contributed by atoms with Gasteiger partial charge in [0.05, 0.1) is 17.4 Å². The summed E-state index contributed by atoms with van der Waals surface area (Å²) in [6.45, 7) is 8.47. The Morgan fingerprint density at radius 2 is 1.80 bits per heavy atom. The average Bonchev–Trinajstić information content (AvgIpc) is 3.20. The maximum Gasteiger partial charge on any atom is 0.261 e. The van der Waals surface area contributed by atoms with Crippen LogP contribution in [0.15, 0.2) is 42.9 Å². The number of nitrogens with one attached hydrogen (secondary N) is 1. The monoisotopic (exact) mass is 479 g/mol. The Morgan fingerprint density at radius 1 is 1.00 bits per heavy atom. The number of rotatable bonds is 6. The molecule has 35 heavy (non-hydrogen) atoms. The molecule has 1 aliphatic heterocycles. The lowest BCUT2D eigenvalue weighted by Gasteiger charge is -2.33. The first-order valence-corrected chi connectivity index (χ1v) is 11.6. The molecule has 1 aliphatic rings. The predicted octanol–water partition coefficient (Wildman–Crippen LogP) is 4.72. The zero-order chi connectivity index (χ0) is 24.5. The van der Waals surface area contributed by atoms with E-state index in [1.54, 1.807) is 24.4 Å². The highest BCUT2D eigenvalue weighted by atomic mass is 19.1. The molecule has 0 amide bonds. The normalized spacial score (nSPS) is 14.5. The molecule has 8 nitrogen and oxygen atoms in total. The number of halogens is 2. The maximum absolute atomic E-state index is 15.1. The summed E-state index contributed by atoms with van der Waals surface area (Å²) < 4.78 is 37.8. The number of ether oxygens (including phenoxy) is 1. The number of aryl methyl sites for hydroxylation is 2. The first-order valence-electron chi connectivity index (χ1n) is 11.6. The van der Waals surface area contributed by atoms with Gasteiger partial charge in [-0.1, -0.05) is 0 Å². The van der Waals surface area contributed by atoms with Gasteiger partial charge in [-0.25, -0.2) is 14.4 Å². The molecule has 1 N–H and O–H groups in total. The average molecular weight is 480 g/mol. The van der Waals surface area contributed by atoms with Gasteiger partial charge in [-0.3, -0.25) is 0 Å². The summed E-state index contributed by atoms with van der Waals surface area (Å²) in [6, 6.07) is 8.70. The molecule has 182 valence electrons. The Hall–Kier alpha value is -3.79. The van der Waals surface area contributed by atoms with Crippen molar-refractivity contribution in [2.75, 3.05) is 43.4 Å². The molecule has 0 atom stereocenters. The quantitative estimate of drug-likeness (QED) is 0.429. The number of likely N-dealkylation sites (N-methyl/N-ethyl adjacent to an activating group) is 1. The summed E-state index contributed by atoms with van der Waals surface area (Å²) >= 11 is 0. The first-order chi connectivity index (χ1) is 16.9. The molecule has 10 heteroatoms. The van der Waals surface area contributed by atoms with Crippen LogP contribution < -0.4 is 15.0 Å². The van der Waals surface area contributed by atoms with Gasteiger partial charge >= 0.3 is 0 Å². The second kappa shape index (κ2) is 9.46. The lowest BCUT2D eigenvalue weighted by Crippen LogP contribution is -2.44. The van der Waals surface area contributed by atoms with Crippen LogP contribution in [0.1, 0.15) is 12.6 Å². The number of fused-ring (bicyclic) bond motifs is 1. The smallest absolute Gasteiger partial charge is 0.261 e. The van der Waals surface area contributed by atoms with Crippen LogP contribution in [-0.4, -0.2) is 57.6 Å². The van der Waals surface area contributed by atoms with E-state index in [2.05, 4.69) is 37.1 Å². The molecule has 1 aromatic carbocycles. The van der Waals surface area contributed by atoms with E-state index in [9.17, 15) is 0 Å². The fraction of sp³-hybridized carbons (Fsp3) is 0.320. The van der Waals surface area contributed by atoms with E-state index < -0.39 is 11.6 Å². The second-order valence-electron chi connectivity index (χ2n) is 8.60. The summed E-state index contributed by atoms with van der Waals surface area (Å²) in [7, 11) is 2.10. The number of hydrogen-bond donors (Lipinski definition) is 1. The zero-order valence-electron chi connectivity index (χ0n) is 19.9. The molecule has 0 radical (unpaired) electrons. The Bertz CT molecular complexity index is 1350. The Kier molecular flexibility index (Phi) is 6.21. The summed E-state index contributed by atoms with van der Waals surface area (Å²) in [6.07, 6.45) is 2.91. The molecule has 0 spiro atoms. The number of benzene rings is 1. The molecule has 4 heterocycles. The molecular formula is C25H27F2N7O. The van der Waals surface area contributed by atoms with Gasteiger partial charge in [-0.2, -0.15) is 9.37 Å². The minimum absolute atomic E-state index is 0.107. The number of piperazine rings is 1. The number of hydrogen-bond acceptors (Lipinski definition) is 7. The fourth-order valence-electron chi connectivity index (χ4n) is 4.36. The molecule has 3 aromatic heterocycles. The van der Waals surface area contributed by atoms with E-state index >= 15 is 8.78 Å². The summed E-state index contributed by atoms with van der Waals surface area (Å²) in [5.74, 6) is -1.56. The van der Waals surface area contributed by atoms with Crippen LogP contribution in [0.2, 0.25) is 0 Å². The van der Waals surface area contributed by atoms with Gasteiger partial charge in [0, 0.05) is 43.8 Å². The first kappa shape index (κ1) is 23.0. The molecule has 0 aliphatic carbocycles. The van der Waals surface area contributed by atoms with Crippen molar-refractivity contribution in [3.8, 4) is 11.6 Å². The van der Waals surface area contributed by atoms with E-state index in [1.807, 2.05) is 24.5 Å². The number of nitrogens with zero attached hydrogens (tertiary/aromatic N) is 6. The van der Waals surface area contributed by atoms with Crippen molar-refractivity contribution >= 4 is 28.2 Å². The molecule has 5 rings (SSSR count). The van der Waals surface area contributed by atoms with Crippen molar-refractivity contribution < 1.29 is 13.5 Å². The largest absolute Gasteiger partial charge is 0.433 e. The van der Waals surface area contributed by atoms with Gasteiger partial charge in [-0.05, 0) is 51.2 Å². The summed E-state index contributed by atoms with van der Waals surface area (Å²) in [5.41, 5.74) is 2.70. The number of anilines is 3. The molecule has 1 fully saturated rings.